The van der Waals surface area contributed by atoms with Crippen LogP contribution in [0.1, 0.15) is 37.4 Å². The van der Waals surface area contributed by atoms with E-state index in [0.29, 0.717) is 42.6 Å². The van der Waals surface area contributed by atoms with Gasteiger partial charge in [-0.25, -0.2) is 0 Å². The molecule has 182 valence electrons. The number of hydrogen-bond donors (Lipinski definition) is 1. The smallest absolute Gasteiger partial charge is 0.295 e. The molecule has 0 aromatic heterocycles. The average Bonchev–Trinajstić information content (AvgIpc) is 3.07. The Balaban J connectivity index is 2.08. The topological polar surface area (TPSA) is 79.3 Å². The lowest BCUT2D eigenvalue weighted by molar-refractivity contribution is -0.139. The summed E-state index contributed by atoms with van der Waals surface area (Å²) in [6.07, 6.45) is 0.694. The number of ether oxygens (including phenoxy) is 2. The normalized spacial score (nSPS) is 17.6. The molecule has 1 amide bonds. The molecule has 3 rings (SSSR count). The molecule has 1 heterocycles. The van der Waals surface area contributed by atoms with E-state index in [0.717, 1.165) is 12.1 Å². The number of methoxy groups -OCH3 is 1. The van der Waals surface area contributed by atoms with E-state index < -0.39 is 17.7 Å². The third kappa shape index (κ3) is 5.78. The Morgan fingerprint density at radius 1 is 1.09 bits per heavy atom. The number of rotatable bonds is 10. The average molecular weight is 467 g/mol. The summed E-state index contributed by atoms with van der Waals surface area (Å²) in [5, 5.41) is 11.2. The van der Waals surface area contributed by atoms with Gasteiger partial charge in [0.15, 0.2) is 0 Å². The minimum Gasteiger partial charge on any atom is -0.507 e. The molecule has 1 aliphatic heterocycles. The van der Waals surface area contributed by atoms with Crippen molar-refractivity contribution in [1.82, 2.24) is 9.80 Å². The van der Waals surface area contributed by atoms with Crippen LogP contribution >= 0.6 is 0 Å². The highest BCUT2D eigenvalue weighted by molar-refractivity contribution is 6.46. The number of benzene rings is 2. The molecular weight excluding hydrogens is 432 g/mol. The van der Waals surface area contributed by atoms with Gasteiger partial charge < -0.3 is 24.4 Å². The number of aliphatic hydroxyl groups excluding tert-OH is 1. The SMILES string of the molecule is COc1cccc(/C(O)=C2/C(=O)C(=O)N(CCCN(C)C)C2c2cccc(OCC(C)C)c2)c1. The molecule has 0 radical (unpaired) electrons. The van der Waals surface area contributed by atoms with Crippen LogP contribution in [0.2, 0.25) is 0 Å². The van der Waals surface area contributed by atoms with Crippen LogP contribution < -0.4 is 9.47 Å². The number of hydrogen-bond acceptors (Lipinski definition) is 6. The molecule has 7 heteroatoms. The van der Waals surface area contributed by atoms with Crippen LogP contribution in [0, 0.1) is 5.92 Å². The summed E-state index contributed by atoms with van der Waals surface area (Å²) >= 11 is 0. The first-order valence-corrected chi connectivity index (χ1v) is 11.5. The van der Waals surface area contributed by atoms with E-state index in [1.807, 2.05) is 43.3 Å². The second kappa shape index (κ2) is 11.2. The number of amides is 1. The highest BCUT2D eigenvalue weighted by Crippen LogP contribution is 2.40. The molecule has 1 aliphatic rings. The first-order valence-electron chi connectivity index (χ1n) is 11.5. The minimum absolute atomic E-state index is 0.0733. The van der Waals surface area contributed by atoms with Crippen molar-refractivity contribution >= 4 is 17.4 Å². The molecule has 1 saturated heterocycles. The molecule has 0 aliphatic carbocycles. The van der Waals surface area contributed by atoms with Gasteiger partial charge in [0.1, 0.15) is 17.3 Å². The fourth-order valence-electron chi connectivity index (χ4n) is 3.98. The Morgan fingerprint density at radius 3 is 2.47 bits per heavy atom. The fraction of sp³-hybridized carbons (Fsp3) is 0.407. The summed E-state index contributed by atoms with van der Waals surface area (Å²) < 4.78 is 11.2. The second-order valence-electron chi connectivity index (χ2n) is 9.16. The number of carbonyl (C=O) groups is 2. The molecule has 0 spiro atoms. The van der Waals surface area contributed by atoms with E-state index in [2.05, 4.69) is 13.8 Å². The quantitative estimate of drug-likeness (QED) is 0.323. The van der Waals surface area contributed by atoms with Crippen LogP contribution in [0.3, 0.4) is 0 Å². The summed E-state index contributed by atoms with van der Waals surface area (Å²) in [7, 11) is 5.46. The Labute approximate surface area is 201 Å². The van der Waals surface area contributed by atoms with Gasteiger partial charge in [-0.1, -0.05) is 38.1 Å². The van der Waals surface area contributed by atoms with Crippen LogP contribution in [0.15, 0.2) is 54.1 Å². The predicted octanol–water partition coefficient (Wildman–Crippen LogP) is 4.10. The maximum Gasteiger partial charge on any atom is 0.295 e. The van der Waals surface area contributed by atoms with Gasteiger partial charge in [-0.3, -0.25) is 9.59 Å². The van der Waals surface area contributed by atoms with Crippen molar-refractivity contribution in [3.05, 3.63) is 65.2 Å². The molecule has 1 unspecified atom stereocenters. The van der Waals surface area contributed by atoms with Gasteiger partial charge in [-0.2, -0.15) is 0 Å². The van der Waals surface area contributed by atoms with E-state index in [1.165, 1.54) is 7.11 Å². The molecule has 0 bridgehead atoms. The van der Waals surface area contributed by atoms with Gasteiger partial charge in [0.25, 0.3) is 11.7 Å². The molecule has 2 aromatic rings. The van der Waals surface area contributed by atoms with E-state index in [4.69, 9.17) is 9.47 Å². The van der Waals surface area contributed by atoms with Gasteiger partial charge >= 0.3 is 0 Å². The first kappa shape index (κ1) is 25.3. The molecule has 1 N–H and O–H groups in total. The summed E-state index contributed by atoms with van der Waals surface area (Å²) in [5.74, 6) is 0.0426. The predicted molar refractivity (Wildman–Crippen MR) is 132 cm³/mol. The summed E-state index contributed by atoms with van der Waals surface area (Å²) in [6.45, 7) is 5.84. The van der Waals surface area contributed by atoms with Crippen LogP contribution in [0.5, 0.6) is 11.5 Å². The largest absolute Gasteiger partial charge is 0.507 e. The van der Waals surface area contributed by atoms with Crippen molar-refractivity contribution in [1.29, 1.82) is 0 Å². The van der Waals surface area contributed by atoms with Crippen molar-refractivity contribution in [3.8, 4) is 11.5 Å². The number of likely N-dealkylation sites (tertiary alicyclic amines) is 1. The molecule has 2 aromatic carbocycles. The van der Waals surface area contributed by atoms with E-state index in [1.54, 1.807) is 29.2 Å². The zero-order chi connectivity index (χ0) is 24.8. The Bertz CT molecular complexity index is 1060. The maximum absolute atomic E-state index is 13.2. The summed E-state index contributed by atoms with van der Waals surface area (Å²) in [6, 6.07) is 13.5. The van der Waals surface area contributed by atoms with Crippen molar-refractivity contribution in [2.75, 3.05) is 40.9 Å². The third-order valence-corrected chi connectivity index (χ3v) is 5.64. The molecule has 34 heavy (non-hydrogen) atoms. The highest BCUT2D eigenvalue weighted by Gasteiger charge is 2.45. The maximum atomic E-state index is 13.2. The molecule has 0 saturated carbocycles. The van der Waals surface area contributed by atoms with Crippen molar-refractivity contribution in [2.45, 2.75) is 26.3 Å². The Hall–Kier alpha value is -3.32. The fourth-order valence-corrected chi connectivity index (χ4v) is 3.98. The van der Waals surface area contributed by atoms with E-state index in [9.17, 15) is 14.7 Å². The molecule has 1 atom stereocenters. The van der Waals surface area contributed by atoms with Crippen LogP contribution in [-0.4, -0.2) is 67.5 Å². The molecular formula is C27H34N2O5. The minimum atomic E-state index is -0.712. The lowest BCUT2D eigenvalue weighted by atomic mass is 9.95. The summed E-state index contributed by atoms with van der Waals surface area (Å²) in [4.78, 5) is 29.9. The number of Topliss-reactive ketones (excluding diaryl/α,β-unsaturated/α-hetero) is 1. The number of aliphatic hydroxyl groups is 1. The van der Waals surface area contributed by atoms with Gasteiger partial charge in [0.2, 0.25) is 0 Å². The van der Waals surface area contributed by atoms with Gasteiger partial charge in [0, 0.05) is 12.1 Å². The third-order valence-electron chi connectivity index (χ3n) is 5.64. The van der Waals surface area contributed by atoms with Crippen LogP contribution in [0.4, 0.5) is 0 Å². The van der Waals surface area contributed by atoms with E-state index >= 15 is 0 Å². The first-order chi connectivity index (χ1) is 16.2. The van der Waals surface area contributed by atoms with Crippen molar-refractivity contribution in [2.24, 2.45) is 5.92 Å². The second-order valence-corrected chi connectivity index (χ2v) is 9.16. The number of nitrogens with zero attached hydrogens (tertiary/aromatic N) is 2. The van der Waals surface area contributed by atoms with Crippen LogP contribution in [-0.2, 0) is 9.59 Å². The zero-order valence-electron chi connectivity index (χ0n) is 20.6. The van der Waals surface area contributed by atoms with Gasteiger partial charge in [0.05, 0.1) is 25.3 Å². The standard InChI is InChI=1S/C27H34N2O5/c1-18(2)17-34-22-12-6-9-19(15-22)24-23(25(30)20-10-7-11-21(16-20)33-5)26(31)27(32)29(24)14-8-13-28(3)4/h6-7,9-12,15-16,18,24,30H,8,13-14,17H2,1-5H3/b25-23-. The van der Waals surface area contributed by atoms with E-state index in [-0.39, 0.29) is 11.3 Å². The summed E-state index contributed by atoms with van der Waals surface area (Å²) in [5.41, 5.74) is 1.21. The monoisotopic (exact) mass is 466 g/mol. The molecule has 7 nitrogen and oxygen atoms in total. The number of ketones is 1. The highest BCUT2D eigenvalue weighted by atomic mass is 16.5. The zero-order valence-corrected chi connectivity index (χ0v) is 20.6. The lowest BCUT2D eigenvalue weighted by Gasteiger charge is -2.26. The lowest BCUT2D eigenvalue weighted by Crippen LogP contribution is -2.32. The molecule has 1 fully saturated rings. The van der Waals surface area contributed by atoms with Gasteiger partial charge in [-0.15, -0.1) is 0 Å². The van der Waals surface area contributed by atoms with Crippen LogP contribution in [0.25, 0.3) is 5.76 Å². The van der Waals surface area contributed by atoms with Gasteiger partial charge in [-0.05, 0) is 62.8 Å². The van der Waals surface area contributed by atoms with Crippen molar-refractivity contribution < 1.29 is 24.2 Å². The number of carbonyl (C=O) groups excluding carboxylic acids is 2. The van der Waals surface area contributed by atoms with Crippen molar-refractivity contribution in [3.63, 3.8) is 0 Å². The Morgan fingerprint density at radius 2 is 1.79 bits per heavy atom. The Kier molecular flexibility index (Phi) is 8.34.